The van der Waals surface area contributed by atoms with Crippen LogP contribution in [0.15, 0.2) is 42.6 Å². The van der Waals surface area contributed by atoms with E-state index in [0.29, 0.717) is 12.4 Å². The molecule has 0 saturated heterocycles. The molecule has 2 N–H and O–H groups in total. The van der Waals surface area contributed by atoms with Gasteiger partial charge in [0.05, 0.1) is 5.69 Å². The number of carboxylic acids is 1. The average Bonchev–Trinajstić information content (AvgIpc) is 2.40. The quantitative estimate of drug-likeness (QED) is 0.852. The van der Waals surface area contributed by atoms with Crippen LogP contribution in [0.3, 0.4) is 0 Å². The highest BCUT2D eigenvalue weighted by Crippen LogP contribution is 2.13. The molecule has 1 aromatic carbocycles. The predicted molar refractivity (Wildman–Crippen MR) is 70.4 cm³/mol. The van der Waals surface area contributed by atoms with Gasteiger partial charge in [-0.15, -0.1) is 0 Å². The van der Waals surface area contributed by atoms with E-state index in [0.717, 1.165) is 11.3 Å². The van der Waals surface area contributed by atoms with Crippen molar-refractivity contribution in [3.63, 3.8) is 0 Å². The molecule has 0 aliphatic carbocycles. The van der Waals surface area contributed by atoms with Crippen LogP contribution in [-0.4, -0.2) is 21.0 Å². The Morgan fingerprint density at radius 1 is 1.32 bits per heavy atom. The number of carboxylic acid groups (broad SMARTS) is 1. The van der Waals surface area contributed by atoms with Gasteiger partial charge in [0, 0.05) is 12.7 Å². The van der Waals surface area contributed by atoms with E-state index >= 15 is 0 Å². The van der Waals surface area contributed by atoms with Crippen LogP contribution in [0, 0.1) is 6.92 Å². The minimum Gasteiger partial charge on any atom is -0.480 e. The molecule has 0 saturated carbocycles. The first-order valence-electron chi connectivity index (χ1n) is 5.96. The highest BCUT2D eigenvalue weighted by Gasteiger charge is 2.18. The molecule has 2 aromatic rings. The molecule has 0 fully saturated rings. The van der Waals surface area contributed by atoms with Crippen LogP contribution in [0.25, 0.3) is 0 Å². The zero-order valence-electron chi connectivity index (χ0n) is 10.6. The lowest BCUT2D eigenvalue weighted by atomic mass is 10.1. The summed E-state index contributed by atoms with van der Waals surface area (Å²) in [5, 5.41) is 12.3. The van der Waals surface area contributed by atoms with E-state index in [9.17, 15) is 9.90 Å². The summed E-state index contributed by atoms with van der Waals surface area (Å²) in [5.41, 5.74) is 1.50. The van der Waals surface area contributed by atoms with Gasteiger partial charge in [-0.1, -0.05) is 30.3 Å². The van der Waals surface area contributed by atoms with E-state index in [1.165, 1.54) is 0 Å². The molecule has 5 nitrogen and oxygen atoms in total. The van der Waals surface area contributed by atoms with E-state index in [4.69, 9.17) is 0 Å². The maximum Gasteiger partial charge on any atom is 0.325 e. The second-order valence-corrected chi connectivity index (χ2v) is 4.16. The van der Waals surface area contributed by atoms with Gasteiger partial charge >= 0.3 is 5.97 Å². The van der Waals surface area contributed by atoms with Crippen LogP contribution in [0.1, 0.15) is 23.1 Å². The van der Waals surface area contributed by atoms with Crippen molar-refractivity contribution in [2.24, 2.45) is 0 Å². The molecule has 1 aromatic heterocycles. The molecule has 1 atom stereocenters. The largest absolute Gasteiger partial charge is 0.480 e. The Hall–Kier alpha value is -2.27. The number of hydrogen-bond acceptors (Lipinski definition) is 4. The fourth-order valence-electron chi connectivity index (χ4n) is 1.80. The van der Waals surface area contributed by atoms with Crippen molar-refractivity contribution in [1.29, 1.82) is 0 Å². The van der Waals surface area contributed by atoms with Crippen LogP contribution < -0.4 is 5.32 Å². The second-order valence-electron chi connectivity index (χ2n) is 4.16. The predicted octanol–water partition coefficient (Wildman–Crippen LogP) is 1.70. The first kappa shape index (κ1) is 13.2. The summed E-state index contributed by atoms with van der Waals surface area (Å²) < 4.78 is 0. The SMILES string of the molecule is Cc1nccc(CNC(C(=O)O)c2ccccc2)n1. The number of rotatable bonds is 5. The fourth-order valence-corrected chi connectivity index (χ4v) is 1.80. The molecular weight excluding hydrogens is 242 g/mol. The molecule has 0 bridgehead atoms. The summed E-state index contributed by atoms with van der Waals surface area (Å²) in [6, 6.07) is 10.1. The molecule has 0 aliphatic heterocycles. The number of aromatic nitrogens is 2. The Bertz CT molecular complexity index is 558. The van der Waals surface area contributed by atoms with Gasteiger partial charge < -0.3 is 5.11 Å². The zero-order chi connectivity index (χ0) is 13.7. The zero-order valence-corrected chi connectivity index (χ0v) is 10.6. The molecule has 1 heterocycles. The molecule has 0 spiro atoms. The molecule has 0 radical (unpaired) electrons. The third kappa shape index (κ3) is 3.59. The summed E-state index contributed by atoms with van der Waals surface area (Å²) in [4.78, 5) is 19.5. The van der Waals surface area contributed by atoms with Crippen molar-refractivity contribution in [3.8, 4) is 0 Å². The third-order valence-corrected chi connectivity index (χ3v) is 2.70. The van der Waals surface area contributed by atoms with Crippen molar-refractivity contribution < 1.29 is 9.90 Å². The fraction of sp³-hybridized carbons (Fsp3) is 0.214. The topological polar surface area (TPSA) is 75.1 Å². The van der Waals surface area contributed by atoms with E-state index in [2.05, 4.69) is 15.3 Å². The van der Waals surface area contributed by atoms with Crippen molar-refractivity contribution in [1.82, 2.24) is 15.3 Å². The van der Waals surface area contributed by atoms with Crippen molar-refractivity contribution >= 4 is 5.97 Å². The van der Waals surface area contributed by atoms with Gasteiger partial charge in [0.1, 0.15) is 11.9 Å². The van der Waals surface area contributed by atoms with Crippen LogP contribution in [-0.2, 0) is 11.3 Å². The number of carbonyl (C=O) groups is 1. The van der Waals surface area contributed by atoms with E-state index in [1.807, 2.05) is 18.2 Å². The highest BCUT2D eigenvalue weighted by atomic mass is 16.4. The molecule has 2 rings (SSSR count). The lowest BCUT2D eigenvalue weighted by Crippen LogP contribution is -2.28. The van der Waals surface area contributed by atoms with Crippen molar-refractivity contribution in [2.75, 3.05) is 0 Å². The van der Waals surface area contributed by atoms with Gasteiger partial charge in [0.15, 0.2) is 0 Å². The molecule has 19 heavy (non-hydrogen) atoms. The maximum absolute atomic E-state index is 11.3. The molecule has 1 unspecified atom stereocenters. The van der Waals surface area contributed by atoms with Gasteiger partial charge in [-0.2, -0.15) is 0 Å². The lowest BCUT2D eigenvalue weighted by molar-refractivity contribution is -0.139. The normalized spacial score (nSPS) is 12.1. The van der Waals surface area contributed by atoms with Crippen molar-refractivity contribution in [2.45, 2.75) is 19.5 Å². The smallest absolute Gasteiger partial charge is 0.325 e. The number of hydrogen-bond donors (Lipinski definition) is 2. The van der Waals surface area contributed by atoms with Gasteiger partial charge in [-0.3, -0.25) is 10.1 Å². The average molecular weight is 257 g/mol. The Labute approximate surface area is 111 Å². The van der Waals surface area contributed by atoms with Crippen molar-refractivity contribution in [3.05, 3.63) is 59.7 Å². The number of nitrogens with one attached hydrogen (secondary N) is 1. The van der Waals surface area contributed by atoms with Gasteiger partial charge in [0.25, 0.3) is 0 Å². The van der Waals surface area contributed by atoms with Crippen LogP contribution >= 0.6 is 0 Å². The Balaban J connectivity index is 2.08. The van der Waals surface area contributed by atoms with E-state index in [1.54, 1.807) is 31.3 Å². The Morgan fingerprint density at radius 2 is 2.05 bits per heavy atom. The van der Waals surface area contributed by atoms with Gasteiger partial charge in [0.2, 0.25) is 0 Å². The number of aryl methyl sites for hydroxylation is 1. The van der Waals surface area contributed by atoms with Gasteiger partial charge in [-0.05, 0) is 18.6 Å². The summed E-state index contributed by atoms with van der Waals surface area (Å²) >= 11 is 0. The Morgan fingerprint density at radius 3 is 2.68 bits per heavy atom. The standard InChI is InChI=1S/C14H15N3O2/c1-10-15-8-7-12(17-10)9-16-13(14(18)19)11-5-3-2-4-6-11/h2-8,13,16H,9H2,1H3,(H,18,19). The number of aliphatic carboxylic acids is 1. The molecule has 5 heteroatoms. The summed E-state index contributed by atoms with van der Waals surface area (Å²) in [6.45, 7) is 2.19. The molecule has 0 aliphatic rings. The second kappa shape index (κ2) is 6.06. The molecule has 98 valence electrons. The van der Waals surface area contributed by atoms with Gasteiger partial charge in [-0.25, -0.2) is 9.97 Å². The first-order chi connectivity index (χ1) is 9.16. The number of nitrogens with zero attached hydrogens (tertiary/aromatic N) is 2. The number of benzene rings is 1. The minimum absolute atomic E-state index is 0.384. The maximum atomic E-state index is 11.3. The summed E-state index contributed by atoms with van der Waals surface area (Å²) in [7, 11) is 0. The first-order valence-corrected chi connectivity index (χ1v) is 5.96. The molecule has 0 amide bonds. The monoisotopic (exact) mass is 257 g/mol. The van der Waals surface area contributed by atoms with E-state index < -0.39 is 12.0 Å². The van der Waals surface area contributed by atoms with E-state index in [-0.39, 0.29) is 0 Å². The minimum atomic E-state index is -0.906. The highest BCUT2D eigenvalue weighted by molar-refractivity contribution is 5.75. The summed E-state index contributed by atoms with van der Waals surface area (Å²) in [6.07, 6.45) is 1.66. The third-order valence-electron chi connectivity index (χ3n) is 2.70. The van der Waals surface area contributed by atoms with Crippen LogP contribution in [0.5, 0.6) is 0 Å². The van der Waals surface area contributed by atoms with Crippen LogP contribution in [0.2, 0.25) is 0 Å². The lowest BCUT2D eigenvalue weighted by Gasteiger charge is -2.14. The Kier molecular flexibility index (Phi) is 4.20. The van der Waals surface area contributed by atoms with Crippen LogP contribution in [0.4, 0.5) is 0 Å². The molecular formula is C14H15N3O2. The summed E-state index contributed by atoms with van der Waals surface area (Å²) in [5.74, 6) is -0.233.